The van der Waals surface area contributed by atoms with E-state index in [-0.39, 0.29) is 5.75 Å². The van der Waals surface area contributed by atoms with Crippen molar-refractivity contribution in [3.8, 4) is 11.5 Å². The second kappa shape index (κ2) is 4.51. The Morgan fingerprint density at radius 1 is 1.40 bits per heavy atom. The molecule has 0 aromatic heterocycles. The number of rotatable bonds is 4. The lowest BCUT2D eigenvalue weighted by Crippen LogP contribution is -2.33. The van der Waals surface area contributed by atoms with Gasteiger partial charge in [0, 0.05) is 13.7 Å². The fraction of sp³-hybridized carbons (Fsp3) is 0.455. The molecule has 0 radical (unpaired) electrons. The average molecular weight is 211 g/mol. The van der Waals surface area contributed by atoms with Crippen LogP contribution in [0.1, 0.15) is 12.5 Å². The third kappa shape index (κ3) is 2.22. The Balaban J connectivity index is 3.11. The second-order valence-electron chi connectivity index (χ2n) is 3.53. The lowest BCUT2D eigenvalue weighted by molar-refractivity contribution is 0.00988. The van der Waals surface area contributed by atoms with E-state index in [4.69, 9.17) is 15.2 Å². The second-order valence-corrected chi connectivity index (χ2v) is 3.53. The summed E-state index contributed by atoms with van der Waals surface area (Å²) in [6, 6.07) is 5.13. The van der Waals surface area contributed by atoms with Crippen molar-refractivity contribution in [2.45, 2.75) is 12.5 Å². The fourth-order valence-corrected chi connectivity index (χ4v) is 1.34. The van der Waals surface area contributed by atoms with Gasteiger partial charge in [-0.25, -0.2) is 0 Å². The van der Waals surface area contributed by atoms with Gasteiger partial charge in [0.05, 0.1) is 7.11 Å². The molecule has 4 heteroatoms. The van der Waals surface area contributed by atoms with E-state index in [0.29, 0.717) is 12.3 Å². The highest BCUT2D eigenvalue weighted by Crippen LogP contribution is 2.32. The molecule has 3 N–H and O–H groups in total. The summed E-state index contributed by atoms with van der Waals surface area (Å²) in [5.74, 6) is 0.529. The van der Waals surface area contributed by atoms with Crippen LogP contribution in [-0.4, -0.2) is 25.9 Å². The Morgan fingerprint density at radius 3 is 2.47 bits per heavy atom. The normalized spacial score (nSPS) is 14.7. The number of ether oxygens (including phenoxy) is 2. The highest BCUT2D eigenvalue weighted by atomic mass is 16.5. The SMILES string of the molecule is COc1ccc(C(C)(CN)OC)cc1O. The third-order valence-corrected chi connectivity index (χ3v) is 2.63. The van der Waals surface area contributed by atoms with Gasteiger partial charge in [0.1, 0.15) is 5.60 Å². The minimum Gasteiger partial charge on any atom is -0.504 e. The molecule has 1 aromatic rings. The molecule has 1 aromatic carbocycles. The fourth-order valence-electron chi connectivity index (χ4n) is 1.34. The molecular weight excluding hydrogens is 194 g/mol. The number of hydrogen-bond acceptors (Lipinski definition) is 4. The number of phenolic OH excluding ortho intramolecular Hbond substituents is 1. The van der Waals surface area contributed by atoms with E-state index in [1.54, 1.807) is 19.2 Å². The summed E-state index contributed by atoms with van der Waals surface area (Å²) < 4.78 is 10.3. The minimum absolute atomic E-state index is 0.0896. The van der Waals surface area contributed by atoms with Crippen LogP contribution in [-0.2, 0) is 10.3 Å². The summed E-state index contributed by atoms with van der Waals surface area (Å²) in [6.45, 7) is 2.21. The summed E-state index contributed by atoms with van der Waals surface area (Å²) >= 11 is 0. The van der Waals surface area contributed by atoms with E-state index in [9.17, 15) is 5.11 Å². The highest BCUT2D eigenvalue weighted by Gasteiger charge is 2.25. The van der Waals surface area contributed by atoms with Gasteiger partial charge in [-0.05, 0) is 24.6 Å². The summed E-state index contributed by atoms with van der Waals surface area (Å²) in [5, 5.41) is 9.62. The zero-order valence-corrected chi connectivity index (χ0v) is 9.28. The van der Waals surface area contributed by atoms with Crippen LogP contribution in [0.3, 0.4) is 0 Å². The van der Waals surface area contributed by atoms with Gasteiger partial charge < -0.3 is 20.3 Å². The van der Waals surface area contributed by atoms with Gasteiger partial charge in [-0.1, -0.05) is 6.07 Å². The lowest BCUT2D eigenvalue weighted by atomic mass is 9.95. The van der Waals surface area contributed by atoms with Crippen molar-refractivity contribution in [2.75, 3.05) is 20.8 Å². The molecule has 0 saturated carbocycles. The van der Waals surface area contributed by atoms with Crippen molar-refractivity contribution in [3.63, 3.8) is 0 Å². The zero-order chi connectivity index (χ0) is 11.5. The monoisotopic (exact) mass is 211 g/mol. The van der Waals surface area contributed by atoms with Gasteiger partial charge in [0.2, 0.25) is 0 Å². The first-order valence-corrected chi connectivity index (χ1v) is 4.70. The van der Waals surface area contributed by atoms with Crippen LogP contribution in [0.2, 0.25) is 0 Å². The van der Waals surface area contributed by atoms with Gasteiger partial charge in [0.15, 0.2) is 11.5 Å². The standard InChI is InChI=1S/C11H17NO3/c1-11(7-12,15-3)8-4-5-10(14-2)9(13)6-8/h4-6,13H,7,12H2,1-3H3. The third-order valence-electron chi connectivity index (χ3n) is 2.63. The van der Waals surface area contributed by atoms with Crippen molar-refractivity contribution in [1.29, 1.82) is 0 Å². The zero-order valence-electron chi connectivity index (χ0n) is 9.28. The van der Waals surface area contributed by atoms with Gasteiger partial charge in [-0.2, -0.15) is 0 Å². The molecule has 1 atom stereocenters. The van der Waals surface area contributed by atoms with Gasteiger partial charge in [0.25, 0.3) is 0 Å². The molecule has 0 aliphatic heterocycles. The topological polar surface area (TPSA) is 64.7 Å². The number of hydrogen-bond donors (Lipinski definition) is 2. The Kier molecular flexibility index (Phi) is 3.55. The molecule has 4 nitrogen and oxygen atoms in total. The number of phenols is 1. The average Bonchev–Trinajstić information content (AvgIpc) is 2.28. The van der Waals surface area contributed by atoms with E-state index in [0.717, 1.165) is 5.56 Å². The van der Waals surface area contributed by atoms with E-state index >= 15 is 0 Å². The van der Waals surface area contributed by atoms with E-state index in [1.807, 2.05) is 13.0 Å². The number of benzene rings is 1. The van der Waals surface area contributed by atoms with Crippen molar-refractivity contribution >= 4 is 0 Å². The van der Waals surface area contributed by atoms with Crippen LogP contribution >= 0.6 is 0 Å². The molecule has 15 heavy (non-hydrogen) atoms. The maximum atomic E-state index is 9.62. The summed E-state index contributed by atoms with van der Waals surface area (Å²) in [6.07, 6.45) is 0. The van der Waals surface area contributed by atoms with Crippen molar-refractivity contribution in [2.24, 2.45) is 5.73 Å². The van der Waals surface area contributed by atoms with Gasteiger partial charge in [-0.15, -0.1) is 0 Å². The molecule has 0 aliphatic rings. The number of methoxy groups -OCH3 is 2. The number of nitrogens with two attached hydrogens (primary N) is 1. The van der Waals surface area contributed by atoms with Gasteiger partial charge in [-0.3, -0.25) is 0 Å². The van der Waals surface area contributed by atoms with Crippen LogP contribution in [0.5, 0.6) is 11.5 Å². The first kappa shape index (κ1) is 11.8. The molecule has 84 valence electrons. The molecule has 0 aliphatic carbocycles. The van der Waals surface area contributed by atoms with Crippen LogP contribution in [0.15, 0.2) is 18.2 Å². The minimum atomic E-state index is -0.580. The lowest BCUT2D eigenvalue weighted by Gasteiger charge is -2.27. The predicted octanol–water partition coefficient (Wildman–Crippen LogP) is 1.22. The molecule has 0 saturated heterocycles. The molecule has 0 fully saturated rings. The molecular formula is C11H17NO3. The first-order chi connectivity index (χ1) is 7.07. The smallest absolute Gasteiger partial charge is 0.160 e. The summed E-state index contributed by atoms with van der Waals surface area (Å²) in [4.78, 5) is 0. The molecule has 0 bridgehead atoms. The largest absolute Gasteiger partial charge is 0.504 e. The quantitative estimate of drug-likeness (QED) is 0.786. The highest BCUT2D eigenvalue weighted by molar-refractivity contribution is 5.43. The molecule has 1 unspecified atom stereocenters. The molecule has 0 spiro atoms. The maximum absolute atomic E-state index is 9.62. The Morgan fingerprint density at radius 2 is 2.07 bits per heavy atom. The van der Waals surface area contributed by atoms with E-state index < -0.39 is 5.60 Å². The van der Waals surface area contributed by atoms with Crippen LogP contribution in [0.4, 0.5) is 0 Å². The molecule has 0 amide bonds. The van der Waals surface area contributed by atoms with Crippen LogP contribution in [0.25, 0.3) is 0 Å². The van der Waals surface area contributed by atoms with Crippen LogP contribution < -0.4 is 10.5 Å². The van der Waals surface area contributed by atoms with Gasteiger partial charge >= 0.3 is 0 Å². The Labute approximate surface area is 89.6 Å². The van der Waals surface area contributed by atoms with E-state index in [1.165, 1.54) is 7.11 Å². The summed E-state index contributed by atoms with van der Waals surface area (Å²) in [5.41, 5.74) is 5.88. The maximum Gasteiger partial charge on any atom is 0.160 e. The Bertz CT molecular complexity index is 335. The van der Waals surface area contributed by atoms with Crippen molar-refractivity contribution in [3.05, 3.63) is 23.8 Å². The van der Waals surface area contributed by atoms with Crippen molar-refractivity contribution < 1.29 is 14.6 Å². The van der Waals surface area contributed by atoms with E-state index in [2.05, 4.69) is 0 Å². The summed E-state index contributed by atoms with van der Waals surface area (Å²) in [7, 11) is 3.10. The predicted molar refractivity (Wildman–Crippen MR) is 58.1 cm³/mol. The first-order valence-electron chi connectivity index (χ1n) is 4.70. The van der Waals surface area contributed by atoms with Crippen molar-refractivity contribution in [1.82, 2.24) is 0 Å². The van der Waals surface area contributed by atoms with Crippen LogP contribution in [0, 0.1) is 0 Å². The molecule has 0 heterocycles. The Hall–Kier alpha value is -1.26. The molecule has 1 rings (SSSR count). The number of aromatic hydroxyl groups is 1.